The van der Waals surface area contributed by atoms with E-state index >= 15 is 0 Å². The third-order valence-corrected chi connectivity index (χ3v) is 5.72. The zero-order chi connectivity index (χ0) is 23.6. The minimum absolute atomic E-state index is 0.0791. The Morgan fingerprint density at radius 2 is 1.73 bits per heavy atom. The van der Waals surface area contributed by atoms with Crippen LogP contribution in [0.1, 0.15) is 19.4 Å². The van der Waals surface area contributed by atoms with Gasteiger partial charge in [-0.1, -0.05) is 13.8 Å². The molecule has 3 heterocycles. The molecule has 0 amide bonds. The van der Waals surface area contributed by atoms with Crippen LogP contribution in [0.15, 0.2) is 41.6 Å². The molecule has 1 aliphatic heterocycles. The van der Waals surface area contributed by atoms with Crippen LogP contribution in [0.25, 0.3) is 11.4 Å². The molecule has 0 aliphatic carbocycles. The van der Waals surface area contributed by atoms with E-state index in [1.165, 1.54) is 6.33 Å². The van der Waals surface area contributed by atoms with Gasteiger partial charge < -0.3 is 19.1 Å². The lowest BCUT2D eigenvalue weighted by molar-refractivity contribution is 0.274. The van der Waals surface area contributed by atoms with Crippen molar-refractivity contribution in [1.29, 1.82) is 0 Å². The fourth-order valence-corrected chi connectivity index (χ4v) is 4.25. The molecule has 9 nitrogen and oxygen atoms in total. The summed E-state index contributed by atoms with van der Waals surface area (Å²) in [6, 6.07) is 7.21. The summed E-state index contributed by atoms with van der Waals surface area (Å²) in [4.78, 5) is 28.2. The third kappa shape index (κ3) is 4.62. The first-order valence-electron chi connectivity index (χ1n) is 10.8. The molecule has 0 spiro atoms. The number of methoxy groups -OCH3 is 3. The summed E-state index contributed by atoms with van der Waals surface area (Å²) in [5.74, 6) is 2.46. The van der Waals surface area contributed by atoms with Crippen LogP contribution in [0.3, 0.4) is 0 Å². The highest BCUT2D eigenvalue weighted by molar-refractivity contribution is 5.56. The Kier molecular flexibility index (Phi) is 6.22. The molecule has 0 bridgehead atoms. The van der Waals surface area contributed by atoms with Crippen molar-refractivity contribution in [2.24, 2.45) is 5.41 Å². The number of benzene rings is 1. The van der Waals surface area contributed by atoms with Gasteiger partial charge in [-0.15, -0.1) is 0 Å². The van der Waals surface area contributed by atoms with Crippen LogP contribution in [-0.4, -0.2) is 53.9 Å². The number of fused-ring (bicyclic) bond motifs is 1. The first-order valence-corrected chi connectivity index (χ1v) is 10.8. The van der Waals surface area contributed by atoms with Crippen molar-refractivity contribution in [3.63, 3.8) is 0 Å². The van der Waals surface area contributed by atoms with Gasteiger partial charge in [0.15, 0.2) is 11.5 Å². The second-order valence-corrected chi connectivity index (χ2v) is 8.83. The maximum absolute atomic E-state index is 13.0. The fourth-order valence-electron chi connectivity index (χ4n) is 4.25. The number of aromatic nitrogens is 4. The van der Waals surface area contributed by atoms with Gasteiger partial charge in [0, 0.05) is 37.3 Å². The summed E-state index contributed by atoms with van der Waals surface area (Å²) >= 11 is 0. The lowest BCUT2D eigenvalue weighted by Crippen LogP contribution is -2.48. The van der Waals surface area contributed by atoms with Crippen LogP contribution in [0.5, 0.6) is 17.2 Å². The van der Waals surface area contributed by atoms with Gasteiger partial charge in [0.2, 0.25) is 11.7 Å². The van der Waals surface area contributed by atoms with Gasteiger partial charge in [0.1, 0.15) is 6.33 Å². The highest BCUT2D eigenvalue weighted by atomic mass is 16.5. The molecule has 9 heteroatoms. The number of hydrogen-bond acceptors (Lipinski definition) is 8. The molecule has 2 aromatic heterocycles. The Morgan fingerprint density at radius 3 is 2.33 bits per heavy atom. The molecule has 0 unspecified atom stereocenters. The van der Waals surface area contributed by atoms with Crippen molar-refractivity contribution in [2.75, 3.05) is 39.3 Å². The Labute approximate surface area is 193 Å². The minimum Gasteiger partial charge on any atom is -0.493 e. The molecule has 33 heavy (non-hydrogen) atoms. The van der Waals surface area contributed by atoms with Crippen molar-refractivity contribution in [3.05, 3.63) is 52.7 Å². The molecule has 3 aromatic rings. The smallest absolute Gasteiger partial charge is 0.255 e. The zero-order valence-corrected chi connectivity index (χ0v) is 19.7. The fraction of sp³-hybridized carbons (Fsp3) is 0.417. The Morgan fingerprint density at radius 1 is 1.00 bits per heavy atom. The van der Waals surface area contributed by atoms with Gasteiger partial charge in [-0.2, -0.15) is 0 Å². The van der Waals surface area contributed by atoms with Gasteiger partial charge in [-0.25, -0.2) is 15.0 Å². The predicted molar refractivity (Wildman–Crippen MR) is 125 cm³/mol. The average molecular weight is 452 g/mol. The normalized spacial score (nSPS) is 14.5. The van der Waals surface area contributed by atoms with Crippen molar-refractivity contribution in [3.8, 4) is 28.6 Å². The van der Waals surface area contributed by atoms with Crippen molar-refractivity contribution >= 4 is 5.95 Å². The van der Waals surface area contributed by atoms with E-state index in [9.17, 15) is 4.79 Å². The standard InChI is InChI=1S/C24H29N5O4/c1-24(2)13-28(9-7-16-10-19(31-3)22(33-5)20(11-16)32-4)23-27-18(12-21(30)29(23)14-24)17-6-8-25-15-26-17/h6,8,10-12,15H,7,9,13-14H2,1-5H3. The number of rotatable bonds is 7. The third-order valence-electron chi connectivity index (χ3n) is 5.72. The number of nitrogens with zero attached hydrogens (tertiary/aromatic N) is 5. The summed E-state index contributed by atoms with van der Waals surface area (Å²) in [5, 5.41) is 0. The van der Waals surface area contributed by atoms with Crippen molar-refractivity contribution < 1.29 is 14.2 Å². The second kappa shape index (κ2) is 9.09. The second-order valence-electron chi connectivity index (χ2n) is 8.83. The van der Waals surface area contributed by atoms with Gasteiger partial charge in [0.05, 0.1) is 32.7 Å². The maximum Gasteiger partial charge on any atom is 0.255 e. The highest BCUT2D eigenvalue weighted by Crippen LogP contribution is 2.38. The molecule has 0 radical (unpaired) electrons. The first-order chi connectivity index (χ1) is 15.8. The molecular weight excluding hydrogens is 422 g/mol. The summed E-state index contributed by atoms with van der Waals surface area (Å²) in [7, 11) is 4.80. The van der Waals surface area contributed by atoms with Crippen LogP contribution >= 0.6 is 0 Å². The summed E-state index contributed by atoms with van der Waals surface area (Å²) in [6.07, 6.45) is 3.81. The largest absolute Gasteiger partial charge is 0.493 e. The lowest BCUT2D eigenvalue weighted by Gasteiger charge is -2.40. The molecule has 1 aliphatic rings. The zero-order valence-electron chi connectivity index (χ0n) is 19.7. The van der Waals surface area contributed by atoms with E-state index in [2.05, 4.69) is 28.7 Å². The molecule has 0 saturated carbocycles. The van der Waals surface area contributed by atoms with Crippen LogP contribution in [0.2, 0.25) is 0 Å². The average Bonchev–Trinajstić information content (AvgIpc) is 2.82. The van der Waals surface area contributed by atoms with Gasteiger partial charge >= 0.3 is 0 Å². The Hall–Kier alpha value is -3.62. The predicted octanol–water partition coefficient (Wildman–Crippen LogP) is 2.82. The van der Waals surface area contributed by atoms with Crippen LogP contribution < -0.4 is 24.7 Å². The van der Waals surface area contributed by atoms with Crippen molar-refractivity contribution in [2.45, 2.75) is 26.8 Å². The SMILES string of the molecule is COc1cc(CCN2CC(C)(C)Cn3c2nc(-c2ccncn2)cc3=O)cc(OC)c1OC. The molecule has 4 rings (SSSR count). The van der Waals surface area contributed by atoms with Crippen LogP contribution in [0.4, 0.5) is 5.95 Å². The number of hydrogen-bond donors (Lipinski definition) is 0. The molecule has 174 valence electrons. The lowest BCUT2D eigenvalue weighted by atomic mass is 9.90. The van der Waals surface area contributed by atoms with Crippen LogP contribution in [-0.2, 0) is 13.0 Å². The molecule has 0 fully saturated rings. The van der Waals surface area contributed by atoms with E-state index in [-0.39, 0.29) is 11.0 Å². The van der Waals surface area contributed by atoms with E-state index in [0.717, 1.165) is 12.1 Å². The molecule has 0 atom stereocenters. The van der Waals surface area contributed by atoms with E-state index in [4.69, 9.17) is 19.2 Å². The Balaban J connectivity index is 1.68. The van der Waals surface area contributed by atoms with E-state index in [1.807, 2.05) is 12.1 Å². The van der Waals surface area contributed by atoms with E-state index in [0.29, 0.717) is 54.1 Å². The van der Waals surface area contributed by atoms with Gasteiger partial charge in [0.25, 0.3) is 5.56 Å². The Bertz CT molecular complexity index is 1170. The van der Waals surface area contributed by atoms with Crippen molar-refractivity contribution in [1.82, 2.24) is 19.5 Å². The summed E-state index contributed by atoms with van der Waals surface area (Å²) < 4.78 is 18.2. The van der Waals surface area contributed by atoms with Gasteiger partial charge in [-0.3, -0.25) is 9.36 Å². The minimum atomic E-state index is -0.0841. The monoisotopic (exact) mass is 451 g/mol. The first kappa shape index (κ1) is 22.6. The summed E-state index contributed by atoms with van der Waals surface area (Å²) in [6.45, 7) is 6.37. The van der Waals surface area contributed by atoms with Gasteiger partial charge in [-0.05, 0) is 30.2 Å². The molecule has 1 aromatic carbocycles. The number of anilines is 1. The maximum atomic E-state index is 13.0. The topological polar surface area (TPSA) is 91.6 Å². The quantitative estimate of drug-likeness (QED) is 0.542. The van der Waals surface area contributed by atoms with E-state index in [1.54, 1.807) is 44.2 Å². The van der Waals surface area contributed by atoms with E-state index < -0.39 is 0 Å². The molecule has 0 N–H and O–H groups in total. The molecule has 0 saturated heterocycles. The summed E-state index contributed by atoms with van der Waals surface area (Å²) in [5.41, 5.74) is 2.04. The number of ether oxygens (including phenoxy) is 3. The highest BCUT2D eigenvalue weighted by Gasteiger charge is 2.32. The molecular formula is C24H29N5O4. The van der Waals surface area contributed by atoms with Crippen LogP contribution in [0, 0.1) is 5.41 Å².